The fraction of sp³-hybridized carbons (Fsp3) is 0.400. The minimum absolute atomic E-state index is 0.0109. The van der Waals surface area contributed by atoms with Crippen LogP contribution in [0.4, 0.5) is 0 Å². The first kappa shape index (κ1) is 13.5. The van der Waals surface area contributed by atoms with Gasteiger partial charge in [-0.05, 0) is 12.1 Å². The third-order valence-corrected chi connectivity index (χ3v) is 3.64. The van der Waals surface area contributed by atoms with Crippen LogP contribution >= 0.6 is 11.8 Å². The molecule has 0 radical (unpaired) electrons. The minimum Gasteiger partial charge on any atom is -0.315 e. The maximum Gasteiger partial charge on any atom is 0.210 e. The van der Waals surface area contributed by atoms with E-state index in [0.717, 1.165) is 12.3 Å². The molecule has 90 valence electrons. The van der Waals surface area contributed by atoms with E-state index in [0.29, 0.717) is 6.54 Å². The SMILES string of the molecule is NS(=O)(=O)CCNCCSc1ccccc1. The Balaban J connectivity index is 2.05. The normalized spacial score (nSPS) is 11.6. The summed E-state index contributed by atoms with van der Waals surface area (Å²) >= 11 is 1.74. The predicted octanol–water partition coefficient (Wildman–Crippen LogP) is 0.657. The second kappa shape index (κ2) is 6.90. The molecule has 0 aromatic heterocycles. The smallest absolute Gasteiger partial charge is 0.210 e. The number of hydrogen-bond acceptors (Lipinski definition) is 4. The molecule has 0 amide bonds. The Morgan fingerprint density at radius 2 is 1.88 bits per heavy atom. The molecule has 0 bridgehead atoms. The van der Waals surface area contributed by atoms with Gasteiger partial charge in [0.1, 0.15) is 0 Å². The molecule has 0 atom stereocenters. The van der Waals surface area contributed by atoms with Crippen LogP contribution in [0.5, 0.6) is 0 Å². The van der Waals surface area contributed by atoms with E-state index in [1.54, 1.807) is 11.8 Å². The van der Waals surface area contributed by atoms with Crippen molar-refractivity contribution in [3.63, 3.8) is 0 Å². The number of nitrogens with two attached hydrogens (primary N) is 1. The van der Waals surface area contributed by atoms with Crippen molar-refractivity contribution in [2.75, 3.05) is 24.6 Å². The van der Waals surface area contributed by atoms with E-state index in [9.17, 15) is 8.42 Å². The van der Waals surface area contributed by atoms with Crippen molar-refractivity contribution < 1.29 is 8.42 Å². The van der Waals surface area contributed by atoms with Crippen LogP contribution in [0.15, 0.2) is 35.2 Å². The molecule has 0 aliphatic carbocycles. The molecule has 0 unspecified atom stereocenters. The number of nitrogens with one attached hydrogen (secondary N) is 1. The van der Waals surface area contributed by atoms with Gasteiger partial charge >= 0.3 is 0 Å². The molecule has 0 spiro atoms. The topological polar surface area (TPSA) is 72.2 Å². The van der Waals surface area contributed by atoms with Crippen molar-refractivity contribution in [3.8, 4) is 0 Å². The summed E-state index contributed by atoms with van der Waals surface area (Å²) < 4.78 is 21.2. The van der Waals surface area contributed by atoms with Gasteiger partial charge in [0.15, 0.2) is 0 Å². The molecule has 3 N–H and O–H groups in total. The van der Waals surface area contributed by atoms with Crippen molar-refractivity contribution in [1.82, 2.24) is 5.32 Å². The summed E-state index contributed by atoms with van der Waals surface area (Å²) in [7, 11) is -3.33. The van der Waals surface area contributed by atoms with E-state index >= 15 is 0 Å². The highest BCUT2D eigenvalue weighted by atomic mass is 32.2. The van der Waals surface area contributed by atoms with Crippen LogP contribution in [0.1, 0.15) is 0 Å². The van der Waals surface area contributed by atoms with Crippen molar-refractivity contribution in [3.05, 3.63) is 30.3 Å². The van der Waals surface area contributed by atoms with Crippen LogP contribution in [0, 0.1) is 0 Å². The lowest BCUT2D eigenvalue weighted by atomic mass is 10.4. The molecular formula is C10H16N2O2S2. The summed E-state index contributed by atoms with van der Waals surface area (Å²) in [6, 6.07) is 10.1. The molecular weight excluding hydrogens is 244 g/mol. The molecule has 0 aliphatic rings. The molecule has 6 heteroatoms. The quantitative estimate of drug-likeness (QED) is 0.558. The average molecular weight is 260 g/mol. The van der Waals surface area contributed by atoms with E-state index in [1.165, 1.54) is 4.90 Å². The van der Waals surface area contributed by atoms with E-state index < -0.39 is 10.0 Å². The van der Waals surface area contributed by atoms with Gasteiger partial charge in [0, 0.05) is 23.7 Å². The van der Waals surface area contributed by atoms with Gasteiger partial charge in [0.25, 0.3) is 0 Å². The Morgan fingerprint density at radius 3 is 2.50 bits per heavy atom. The molecule has 0 fully saturated rings. The lowest BCUT2D eigenvalue weighted by Crippen LogP contribution is -2.28. The molecule has 1 aromatic rings. The lowest BCUT2D eigenvalue weighted by molar-refractivity contribution is 0.594. The van der Waals surface area contributed by atoms with Gasteiger partial charge in [0.05, 0.1) is 5.75 Å². The van der Waals surface area contributed by atoms with E-state index in [1.807, 2.05) is 18.2 Å². The summed E-state index contributed by atoms with van der Waals surface area (Å²) in [6.07, 6.45) is 0. The molecule has 16 heavy (non-hydrogen) atoms. The first-order chi connectivity index (χ1) is 7.58. The van der Waals surface area contributed by atoms with E-state index in [-0.39, 0.29) is 5.75 Å². The Hall–Kier alpha value is -0.560. The van der Waals surface area contributed by atoms with Gasteiger partial charge < -0.3 is 5.32 Å². The third-order valence-electron chi connectivity index (χ3n) is 1.85. The Labute approximate surface area is 101 Å². The Bertz CT molecular complexity index is 393. The van der Waals surface area contributed by atoms with Crippen LogP contribution < -0.4 is 10.5 Å². The molecule has 1 rings (SSSR count). The van der Waals surface area contributed by atoms with Crippen molar-refractivity contribution in [1.29, 1.82) is 0 Å². The monoisotopic (exact) mass is 260 g/mol. The fourth-order valence-corrected chi connectivity index (χ4v) is 2.36. The second-order valence-corrected chi connectivity index (χ2v) is 6.18. The summed E-state index contributed by atoms with van der Waals surface area (Å²) in [5.74, 6) is 0.900. The molecule has 0 saturated heterocycles. The zero-order chi connectivity index (χ0) is 11.9. The summed E-state index contributed by atoms with van der Waals surface area (Å²) in [4.78, 5) is 1.22. The van der Waals surface area contributed by atoms with Gasteiger partial charge in [-0.25, -0.2) is 13.6 Å². The van der Waals surface area contributed by atoms with Crippen LogP contribution in [0.3, 0.4) is 0 Å². The fourth-order valence-electron chi connectivity index (χ4n) is 1.10. The summed E-state index contributed by atoms with van der Waals surface area (Å²) in [6.45, 7) is 1.18. The Kier molecular flexibility index (Phi) is 5.83. The molecule has 0 saturated carbocycles. The standard InChI is InChI=1S/C10H16N2O2S2/c11-16(13,14)9-7-12-6-8-15-10-4-2-1-3-5-10/h1-5,12H,6-9H2,(H2,11,13,14). The van der Waals surface area contributed by atoms with Gasteiger partial charge in [-0.2, -0.15) is 0 Å². The zero-order valence-electron chi connectivity index (χ0n) is 8.93. The molecule has 0 heterocycles. The predicted molar refractivity (Wildman–Crippen MR) is 68.0 cm³/mol. The lowest BCUT2D eigenvalue weighted by Gasteiger charge is -2.03. The summed E-state index contributed by atoms with van der Waals surface area (Å²) in [5, 5.41) is 7.90. The van der Waals surface area contributed by atoms with Crippen LogP contribution in [-0.2, 0) is 10.0 Å². The number of sulfonamides is 1. The average Bonchev–Trinajstić information content (AvgIpc) is 2.23. The van der Waals surface area contributed by atoms with Crippen molar-refractivity contribution >= 4 is 21.8 Å². The van der Waals surface area contributed by atoms with Crippen LogP contribution in [-0.4, -0.2) is 33.0 Å². The Morgan fingerprint density at radius 1 is 1.19 bits per heavy atom. The van der Waals surface area contributed by atoms with Crippen molar-refractivity contribution in [2.45, 2.75) is 4.90 Å². The van der Waals surface area contributed by atoms with E-state index in [2.05, 4.69) is 17.4 Å². The van der Waals surface area contributed by atoms with Crippen molar-refractivity contribution in [2.24, 2.45) is 5.14 Å². The molecule has 0 aliphatic heterocycles. The van der Waals surface area contributed by atoms with Gasteiger partial charge in [-0.15, -0.1) is 11.8 Å². The summed E-state index contributed by atoms with van der Waals surface area (Å²) in [5.41, 5.74) is 0. The molecule has 1 aromatic carbocycles. The number of primary sulfonamides is 1. The molecule has 4 nitrogen and oxygen atoms in total. The van der Waals surface area contributed by atoms with Crippen LogP contribution in [0.25, 0.3) is 0 Å². The first-order valence-electron chi connectivity index (χ1n) is 4.97. The zero-order valence-corrected chi connectivity index (χ0v) is 10.6. The van der Waals surface area contributed by atoms with Gasteiger partial charge in [-0.1, -0.05) is 18.2 Å². The first-order valence-corrected chi connectivity index (χ1v) is 7.67. The maximum absolute atomic E-state index is 10.6. The van der Waals surface area contributed by atoms with Gasteiger partial charge in [0.2, 0.25) is 10.0 Å². The third kappa shape index (κ3) is 6.84. The van der Waals surface area contributed by atoms with E-state index in [4.69, 9.17) is 5.14 Å². The second-order valence-electron chi connectivity index (χ2n) is 3.28. The number of rotatable bonds is 7. The largest absolute Gasteiger partial charge is 0.315 e. The number of benzene rings is 1. The number of thioether (sulfide) groups is 1. The minimum atomic E-state index is -3.33. The highest BCUT2D eigenvalue weighted by Crippen LogP contribution is 2.15. The highest BCUT2D eigenvalue weighted by Gasteiger charge is 2.00. The number of hydrogen-bond donors (Lipinski definition) is 2. The van der Waals surface area contributed by atoms with Gasteiger partial charge in [-0.3, -0.25) is 0 Å². The maximum atomic E-state index is 10.6. The van der Waals surface area contributed by atoms with Crippen LogP contribution in [0.2, 0.25) is 0 Å². The highest BCUT2D eigenvalue weighted by molar-refractivity contribution is 7.99.